The topological polar surface area (TPSA) is 78.5 Å². The summed E-state index contributed by atoms with van der Waals surface area (Å²) in [6.45, 7) is 6.76. The average molecular weight is 371 g/mol. The minimum absolute atomic E-state index is 0.0188. The van der Waals surface area contributed by atoms with Crippen molar-refractivity contribution in [2.75, 3.05) is 19.6 Å². The number of likely N-dealkylation sites (tertiary alicyclic amines) is 1. The fraction of sp³-hybridized carbons (Fsp3) is 0.476. The molecule has 6 nitrogen and oxygen atoms in total. The summed E-state index contributed by atoms with van der Waals surface area (Å²) in [7, 11) is 0. The summed E-state index contributed by atoms with van der Waals surface area (Å²) in [5, 5.41) is 5.51. The maximum atomic E-state index is 12.3. The van der Waals surface area contributed by atoms with Gasteiger partial charge in [0, 0.05) is 30.6 Å². The third-order valence-corrected chi connectivity index (χ3v) is 4.33. The van der Waals surface area contributed by atoms with Crippen LogP contribution in [0.15, 0.2) is 36.4 Å². The molecule has 6 heteroatoms. The molecule has 0 unspecified atom stereocenters. The Morgan fingerprint density at radius 2 is 1.74 bits per heavy atom. The van der Waals surface area contributed by atoms with Crippen molar-refractivity contribution in [2.45, 2.75) is 39.2 Å². The van der Waals surface area contributed by atoms with Gasteiger partial charge in [0.2, 0.25) is 17.7 Å². The van der Waals surface area contributed by atoms with Gasteiger partial charge in [-0.25, -0.2) is 0 Å². The van der Waals surface area contributed by atoms with Gasteiger partial charge in [-0.3, -0.25) is 14.4 Å². The first kappa shape index (κ1) is 20.7. The number of benzene rings is 1. The van der Waals surface area contributed by atoms with E-state index in [0.29, 0.717) is 25.9 Å². The van der Waals surface area contributed by atoms with E-state index in [-0.39, 0.29) is 35.7 Å². The normalized spacial score (nSPS) is 15.6. The van der Waals surface area contributed by atoms with E-state index >= 15 is 0 Å². The van der Waals surface area contributed by atoms with Crippen molar-refractivity contribution < 1.29 is 14.4 Å². The van der Waals surface area contributed by atoms with Crippen molar-refractivity contribution in [3.8, 4) is 0 Å². The zero-order valence-corrected chi connectivity index (χ0v) is 16.3. The van der Waals surface area contributed by atoms with Crippen LogP contribution in [0, 0.1) is 5.92 Å². The molecule has 1 heterocycles. The molecule has 0 saturated carbocycles. The number of hydrogen-bond donors (Lipinski definition) is 2. The van der Waals surface area contributed by atoms with E-state index in [1.54, 1.807) is 17.1 Å². The SMILES string of the molecule is CC(C)(C)NC(=O)CNC(=O)C1CCN(C(=O)/C=C/c2ccccc2)CC1. The van der Waals surface area contributed by atoms with Gasteiger partial charge < -0.3 is 15.5 Å². The standard InChI is InChI=1S/C21H29N3O3/c1-21(2,3)23-18(25)15-22-20(27)17-11-13-24(14-12-17)19(26)10-9-16-7-5-4-6-8-16/h4-10,17H,11-15H2,1-3H3,(H,22,27)(H,23,25)/b10-9+. The predicted octanol–water partition coefficient (Wildman–Crippen LogP) is 1.97. The van der Waals surface area contributed by atoms with E-state index in [0.717, 1.165) is 5.56 Å². The van der Waals surface area contributed by atoms with Crippen LogP contribution in [0.5, 0.6) is 0 Å². The van der Waals surface area contributed by atoms with Gasteiger partial charge in [0.05, 0.1) is 6.54 Å². The van der Waals surface area contributed by atoms with Gasteiger partial charge in [-0.05, 0) is 45.3 Å². The third kappa shape index (κ3) is 7.25. The zero-order valence-electron chi connectivity index (χ0n) is 16.3. The number of carbonyl (C=O) groups excluding carboxylic acids is 3. The minimum atomic E-state index is -0.319. The Morgan fingerprint density at radius 1 is 1.11 bits per heavy atom. The van der Waals surface area contributed by atoms with E-state index < -0.39 is 0 Å². The van der Waals surface area contributed by atoms with Crippen molar-refractivity contribution in [2.24, 2.45) is 5.92 Å². The van der Waals surface area contributed by atoms with Crippen molar-refractivity contribution in [1.82, 2.24) is 15.5 Å². The van der Waals surface area contributed by atoms with Crippen molar-refractivity contribution in [3.63, 3.8) is 0 Å². The largest absolute Gasteiger partial charge is 0.350 e. The van der Waals surface area contributed by atoms with Gasteiger partial charge in [-0.15, -0.1) is 0 Å². The van der Waals surface area contributed by atoms with E-state index in [1.807, 2.05) is 51.1 Å². The van der Waals surface area contributed by atoms with Crippen LogP contribution >= 0.6 is 0 Å². The number of piperidine rings is 1. The number of nitrogens with one attached hydrogen (secondary N) is 2. The lowest BCUT2D eigenvalue weighted by molar-refractivity contribution is -0.133. The first-order valence-electron chi connectivity index (χ1n) is 9.35. The van der Waals surface area contributed by atoms with Gasteiger partial charge in [0.25, 0.3) is 0 Å². The number of nitrogens with zero attached hydrogens (tertiary/aromatic N) is 1. The predicted molar refractivity (Wildman–Crippen MR) is 106 cm³/mol. The van der Waals surface area contributed by atoms with E-state index in [2.05, 4.69) is 10.6 Å². The summed E-state index contributed by atoms with van der Waals surface area (Å²) in [5.74, 6) is -0.516. The summed E-state index contributed by atoms with van der Waals surface area (Å²) < 4.78 is 0. The molecule has 27 heavy (non-hydrogen) atoms. The van der Waals surface area contributed by atoms with E-state index in [9.17, 15) is 14.4 Å². The van der Waals surface area contributed by atoms with Crippen LogP contribution in [-0.4, -0.2) is 47.8 Å². The van der Waals surface area contributed by atoms with Crippen LogP contribution in [-0.2, 0) is 14.4 Å². The molecule has 0 bridgehead atoms. The molecular weight excluding hydrogens is 342 g/mol. The maximum absolute atomic E-state index is 12.3. The quantitative estimate of drug-likeness (QED) is 0.777. The van der Waals surface area contributed by atoms with Gasteiger partial charge in [-0.1, -0.05) is 30.3 Å². The molecule has 0 aliphatic carbocycles. The Balaban J connectivity index is 1.74. The van der Waals surface area contributed by atoms with Gasteiger partial charge in [-0.2, -0.15) is 0 Å². The van der Waals surface area contributed by atoms with Crippen molar-refractivity contribution in [1.29, 1.82) is 0 Å². The molecule has 146 valence electrons. The molecule has 1 fully saturated rings. The number of hydrogen-bond acceptors (Lipinski definition) is 3. The molecule has 1 aliphatic rings. The molecule has 2 N–H and O–H groups in total. The number of amides is 3. The summed E-state index contributed by atoms with van der Waals surface area (Å²) in [6.07, 6.45) is 4.59. The Morgan fingerprint density at radius 3 is 2.33 bits per heavy atom. The lowest BCUT2D eigenvalue weighted by Crippen LogP contribution is -2.48. The summed E-state index contributed by atoms with van der Waals surface area (Å²) in [5.41, 5.74) is 0.662. The molecule has 0 spiro atoms. The van der Waals surface area contributed by atoms with Crippen molar-refractivity contribution >= 4 is 23.8 Å². The van der Waals surface area contributed by atoms with Crippen LogP contribution in [0.4, 0.5) is 0 Å². The molecule has 1 aliphatic heterocycles. The molecular formula is C21H29N3O3. The van der Waals surface area contributed by atoms with Crippen LogP contribution in [0.2, 0.25) is 0 Å². The van der Waals surface area contributed by atoms with E-state index in [1.165, 1.54) is 0 Å². The molecule has 0 aromatic heterocycles. The molecule has 0 atom stereocenters. The van der Waals surface area contributed by atoms with Crippen molar-refractivity contribution in [3.05, 3.63) is 42.0 Å². The number of rotatable bonds is 5. The summed E-state index contributed by atoms with van der Waals surface area (Å²) in [4.78, 5) is 38.1. The molecule has 1 aromatic carbocycles. The zero-order chi connectivity index (χ0) is 19.9. The monoisotopic (exact) mass is 371 g/mol. The molecule has 2 rings (SSSR count). The maximum Gasteiger partial charge on any atom is 0.246 e. The highest BCUT2D eigenvalue weighted by molar-refractivity contribution is 5.92. The van der Waals surface area contributed by atoms with Crippen LogP contribution in [0.1, 0.15) is 39.2 Å². The minimum Gasteiger partial charge on any atom is -0.350 e. The smallest absolute Gasteiger partial charge is 0.246 e. The highest BCUT2D eigenvalue weighted by Gasteiger charge is 2.27. The molecule has 1 saturated heterocycles. The fourth-order valence-electron chi connectivity index (χ4n) is 2.97. The van der Waals surface area contributed by atoms with Gasteiger partial charge in [0.1, 0.15) is 0 Å². The Labute approximate surface area is 161 Å². The molecule has 1 aromatic rings. The first-order chi connectivity index (χ1) is 12.7. The van der Waals surface area contributed by atoms with E-state index in [4.69, 9.17) is 0 Å². The molecule has 0 radical (unpaired) electrons. The Bertz CT molecular complexity index is 684. The molecule has 3 amide bonds. The summed E-state index contributed by atoms with van der Waals surface area (Å²) >= 11 is 0. The highest BCUT2D eigenvalue weighted by atomic mass is 16.2. The van der Waals surface area contributed by atoms with Crippen LogP contribution in [0.3, 0.4) is 0 Å². The lowest BCUT2D eigenvalue weighted by atomic mass is 9.96. The number of carbonyl (C=O) groups is 3. The van der Waals surface area contributed by atoms with Crippen LogP contribution < -0.4 is 10.6 Å². The lowest BCUT2D eigenvalue weighted by Gasteiger charge is -2.30. The first-order valence-corrected chi connectivity index (χ1v) is 9.35. The second-order valence-corrected chi connectivity index (χ2v) is 7.86. The van der Waals surface area contributed by atoms with Gasteiger partial charge in [0.15, 0.2) is 0 Å². The van der Waals surface area contributed by atoms with Gasteiger partial charge >= 0.3 is 0 Å². The fourth-order valence-corrected chi connectivity index (χ4v) is 2.97. The Hall–Kier alpha value is -2.63. The van der Waals surface area contributed by atoms with Crippen LogP contribution in [0.25, 0.3) is 6.08 Å². The summed E-state index contributed by atoms with van der Waals surface area (Å²) in [6, 6.07) is 9.67. The second-order valence-electron chi connectivity index (χ2n) is 7.86. The second kappa shape index (κ2) is 9.35. The third-order valence-electron chi connectivity index (χ3n) is 4.33. The average Bonchev–Trinajstić information content (AvgIpc) is 2.64. The highest BCUT2D eigenvalue weighted by Crippen LogP contribution is 2.18. The Kier molecular flexibility index (Phi) is 7.16.